The average molecular weight is 391 g/mol. The maximum Gasteiger partial charge on any atom is 0.142 e. The third-order valence-electron chi connectivity index (χ3n) is 4.70. The van der Waals surface area contributed by atoms with Gasteiger partial charge in [0.1, 0.15) is 42.2 Å². The van der Waals surface area contributed by atoms with E-state index >= 15 is 0 Å². The number of halogens is 1. The first-order valence-corrected chi connectivity index (χ1v) is 8.83. The molecule has 27 heavy (non-hydrogen) atoms. The maximum absolute atomic E-state index is 9.82. The van der Waals surface area contributed by atoms with Crippen LogP contribution in [-0.4, -0.2) is 50.1 Å². The van der Waals surface area contributed by atoms with Crippen molar-refractivity contribution in [2.45, 2.75) is 31.0 Å². The number of nitrogens with zero attached hydrogens (tertiary/aromatic N) is 2. The van der Waals surface area contributed by atoms with Gasteiger partial charge in [-0.05, 0) is 29.3 Å². The Morgan fingerprint density at radius 3 is 2.78 bits per heavy atom. The number of ether oxygens (including phenoxy) is 2. The van der Waals surface area contributed by atoms with Gasteiger partial charge in [0.25, 0.3) is 0 Å². The van der Waals surface area contributed by atoms with Crippen LogP contribution >= 0.6 is 11.6 Å². The van der Waals surface area contributed by atoms with E-state index in [1.165, 1.54) is 6.33 Å². The number of benzene rings is 1. The Labute approximate surface area is 159 Å². The lowest BCUT2D eigenvalue weighted by Crippen LogP contribution is -2.34. The number of aliphatic hydroxyl groups excluding tert-OH is 2. The number of nitrogens with two attached hydrogens (primary N) is 1. The molecule has 5 rings (SSSR count). The summed E-state index contributed by atoms with van der Waals surface area (Å²) in [5.41, 5.74) is 8.31. The molecular formula is C18H19ClN4O4. The van der Waals surface area contributed by atoms with E-state index in [4.69, 9.17) is 26.8 Å². The number of nitrogens with one attached hydrogen (secondary N) is 1. The number of aromatic amines is 1. The number of fused-ring (bicyclic) bond motifs is 2. The van der Waals surface area contributed by atoms with Crippen LogP contribution in [0.3, 0.4) is 0 Å². The van der Waals surface area contributed by atoms with Crippen molar-refractivity contribution in [3.05, 3.63) is 52.9 Å². The van der Waals surface area contributed by atoms with Crippen molar-refractivity contribution in [3.8, 4) is 0 Å². The van der Waals surface area contributed by atoms with Crippen molar-refractivity contribution in [1.29, 1.82) is 0 Å². The van der Waals surface area contributed by atoms with E-state index in [0.29, 0.717) is 17.4 Å². The van der Waals surface area contributed by atoms with Crippen LogP contribution in [0.5, 0.6) is 0 Å². The van der Waals surface area contributed by atoms with Gasteiger partial charge in [-0.25, -0.2) is 9.97 Å². The lowest BCUT2D eigenvalue weighted by molar-refractivity contribution is -0.0786. The van der Waals surface area contributed by atoms with E-state index in [2.05, 4.69) is 15.0 Å². The van der Waals surface area contributed by atoms with E-state index in [1.54, 1.807) is 12.3 Å². The fraction of sp³-hybridized carbons (Fsp3) is 0.333. The minimum atomic E-state index is -0.901. The fourth-order valence-electron chi connectivity index (χ4n) is 3.30. The summed E-state index contributed by atoms with van der Waals surface area (Å²) in [7, 11) is 0. The quantitative estimate of drug-likeness (QED) is 0.496. The van der Waals surface area contributed by atoms with Gasteiger partial charge in [0.05, 0.1) is 18.6 Å². The first-order valence-electron chi connectivity index (χ1n) is 8.46. The summed E-state index contributed by atoms with van der Waals surface area (Å²) in [6, 6.07) is 7.38. The summed E-state index contributed by atoms with van der Waals surface area (Å²) < 4.78 is 11.0. The molecule has 0 radical (unpaired) electrons. The van der Waals surface area contributed by atoms with Crippen LogP contribution < -0.4 is 5.73 Å². The largest absolute Gasteiger partial charge is 0.388 e. The molecule has 0 amide bonds. The molecule has 4 atom stereocenters. The van der Waals surface area contributed by atoms with Crippen molar-refractivity contribution in [3.63, 3.8) is 0 Å². The lowest BCUT2D eigenvalue weighted by Gasteiger charge is -2.21. The molecule has 2 aliphatic rings. The van der Waals surface area contributed by atoms with E-state index in [9.17, 15) is 10.2 Å². The second kappa shape index (κ2) is 7.41. The highest BCUT2D eigenvalue weighted by Gasteiger charge is 2.43. The number of anilines is 1. The summed E-state index contributed by atoms with van der Waals surface area (Å²) in [6.45, 7) is 0.609. The predicted molar refractivity (Wildman–Crippen MR) is 99.0 cm³/mol. The van der Waals surface area contributed by atoms with Crippen LogP contribution in [0.15, 0.2) is 36.8 Å². The molecule has 0 spiro atoms. The SMILES string of the molecule is Nc1ncnc2[nH]ccc12.OC1COC(C2OCc3cc(Cl)ccc32)C1O. The van der Waals surface area contributed by atoms with Gasteiger partial charge in [0.15, 0.2) is 0 Å². The topological polar surface area (TPSA) is 127 Å². The zero-order valence-corrected chi connectivity index (χ0v) is 15.0. The molecule has 8 nitrogen and oxygen atoms in total. The Morgan fingerprint density at radius 1 is 1.19 bits per heavy atom. The van der Waals surface area contributed by atoms with Gasteiger partial charge in [0.2, 0.25) is 0 Å². The molecule has 0 saturated carbocycles. The Bertz CT molecular complexity index is 950. The molecule has 1 fully saturated rings. The normalized spacial score (nSPS) is 26.6. The number of rotatable bonds is 1. The molecule has 2 aromatic heterocycles. The highest BCUT2D eigenvalue weighted by molar-refractivity contribution is 6.30. The van der Waals surface area contributed by atoms with Crippen LogP contribution in [0.25, 0.3) is 11.0 Å². The third-order valence-corrected chi connectivity index (χ3v) is 4.94. The number of hydrogen-bond donors (Lipinski definition) is 4. The molecule has 5 N–H and O–H groups in total. The Kier molecular flexibility index (Phi) is 4.98. The highest BCUT2D eigenvalue weighted by Crippen LogP contribution is 2.38. The van der Waals surface area contributed by atoms with Gasteiger partial charge in [-0.1, -0.05) is 17.7 Å². The first kappa shape index (κ1) is 18.1. The van der Waals surface area contributed by atoms with Gasteiger partial charge in [-0.3, -0.25) is 0 Å². The van der Waals surface area contributed by atoms with Crippen molar-refractivity contribution in [2.75, 3.05) is 12.3 Å². The minimum absolute atomic E-state index is 0.147. The second-order valence-corrected chi connectivity index (χ2v) is 6.87. The van der Waals surface area contributed by atoms with E-state index in [-0.39, 0.29) is 12.7 Å². The van der Waals surface area contributed by atoms with Gasteiger partial charge in [0, 0.05) is 11.2 Å². The number of aliphatic hydroxyl groups is 2. The molecule has 4 unspecified atom stereocenters. The molecular weight excluding hydrogens is 372 g/mol. The number of nitrogen functional groups attached to an aromatic ring is 1. The highest BCUT2D eigenvalue weighted by atomic mass is 35.5. The summed E-state index contributed by atoms with van der Waals surface area (Å²) >= 11 is 5.91. The predicted octanol–water partition coefficient (Wildman–Crippen LogP) is 1.57. The third kappa shape index (κ3) is 3.50. The number of hydrogen-bond acceptors (Lipinski definition) is 7. The average Bonchev–Trinajstić information content (AvgIpc) is 3.36. The maximum atomic E-state index is 9.82. The molecule has 1 saturated heterocycles. The van der Waals surface area contributed by atoms with Crippen molar-refractivity contribution in [2.24, 2.45) is 0 Å². The smallest absolute Gasteiger partial charge is 0.142 e. The first-order chi connectivity index (χ1) is 13.0. The Balaban J connectivity index is 0.000000153. The molecule has 3 aromatic rings. The van der Waals surface area contributed by atoms with Crippen LogP contribution in [0.1, 0.15) is 17.2 Å². The number of aromatic nitrogens is 3. The molecule has 2 aliphatic heterocycles. The van der Waals surface area contributed by atoms with Crippen LogP contribution in [0, 0.1) is 0 Å². The molecule has 4 heterocycles. The fourth-order valence-corrected chi connectivity index (χ4v) is 3.50. The molecule has 0 aliphatic carbocycles. The van der Waals surface area contributed by atoms with Crippen LogP contribution in [-0.2, 0) is 16.1 Å². The van der Waals surface area contributed by atoms with Crippen molar-refractivity contribution >= 4 is 28.5 Å². The van der Waals surface area contributed by atoms with Gasteiger partial charge >= 0.3 is 0 Å². The lowest BCUT2D eigenvalue weighted by atomic mass is 9.98. The molecule has 0 bridgehead atoms. The molecule has 9 heteroatoms. The Hall–Kier alpha value is -2.23. The zero-order valence-electron chi connectivity index (χ0n) is 14.2. The summed E-state index contributed by atoms with van der Waals surface area (Å²) in [4.78, 5) is 10.7. The van der Waals surface area contributed by atoms with Gasteiger partial charge in [-0.2, -0.15) is 0 Å². The zero-order chi connectivity index (χ0) is 19.0. The van der Waals surface area contributed by atoms with Crippen LogP contribution in [0.4, 0.5) is 5.82 Å². The molecule has 142 valence electrons. The summed E-state index contributed by atoms with van der Waals surface area (Å²) in [6.07, 6.45) is 0.660. The van der Waals surface area contributed by atoms with Gasteiger partial charge in [-0.15, -0.1) is 0 Å². The molecule has 1 aromatic carbocycles. The summed E-state index contributed by atoms with van der Waals surface area (Å²) in [5.74, 6) is 0.520. The number of H-pyrrole nitrogens is 1. The van der Waals surface area contributed by atoms with E-state index in [0.717, 1.165) is 22.2 Å². The van der Waals surface area contributed by atoms with E-state index < -0.39 is 18.3 Å². The Morgan fingerprint density at radius 2 is 2.04 bits per heavy atom. The van der Waals surface area contributed by atoms with Crippen molar-refractivity contribution in [1.82, 2.24) is 15.0 Å². The van der Waals surface area contributed by atoms with E-state index in [1.807, 2.05) is 18.2 Å². The monoisotopic (exact) mass is 390 g/mol. The minimum Gasteiger partial charge on any atom is -0.388 e. The van der Waals surface area contributed by atoms with Gasteiger partial charge < -0.3 is 30.4 Å². The standard InChI is InChI=1S/C12H13ClO4.C6H6N4/c13-7-1-2-8-6(3-7)4-16-11(8)12-10(15)9(14)5-17-12;7-5-4-1-2-8-6(4)10-3-9-5/h1-3,9-12,14-15H,4-5H2;1-3H,(H3,7,8,9,10). The van der Waals surface area contributed by atoms with Crippen molar-refractivity contribution < 1.29 is 19.7 Å². The second-order valence-electron chi connectivity index (χ2n) is 6.43. The van der Waals surface area contributed by atoms with Crippen LogP contribution in [0.2, 0.25) is 5.02 Å². The summed E-state index contributed by atoms with van der Waals surface area (Å²) in [5, 5.41) is 20.8.